The van der Waals surface area contributed by atoms with E-state index < -0.39 is 0 Å². The minimum absolute atomic E-state index is 0.0680. The van der Waals surface area contributed by atoms with Crippen LogP contribution in [0, 0.1) is 5.92 Å². The van der Waals surface area contributed by atoms with Crippen LogP contribution >= 0.6 is 0 Å². The second-order valence-corrected chi connectivity index (χ2v) is 6.13. The topological polar surface area (TPSA) is 56.1 Å². The second-order valence-electron chi connectivity index (χ2n) is 6.13. The molecule has 0 bridgehead atoms. The number of rotatable bonds is 3. The van der Waals surface area contributed by atoms with Gasteiger partial charge in [-0.3, -0.25) is 4.79 Å². The highest BCUT2D eigenvalue weighted by atomic mass is 16.5. The van der Waals surface area contributed by atoms with Gasteiger partial charge in [-0.2, -0.15) is 0 Å². The summed E-state index contributed by atoms with van der Waals surface area (Å²) in [5.41, 5.74) is -0.304. The Kier molecular flexibility index (Phi) is 3.94. The number of hydrogen-bond acceptors (Lipinski definition) is 4. The van der Waals surface area contributed by atoms with E-state index in [-0.39, 0.29) is 17.2 Å². The maximum atomic E-state index is 12.3. The van der Waals surface area contributed by atoms with Gasteiger partial charge in [-0.25, -0.2) is 4.98 Å². The fourth-order valence-corrected chi connectivity index (χ4v) is 2.33. The number of aromatic nitrogens is 2. The monoisotopic (exact) mass is 265 g/mol. The maximum absolute atomic E-state index is 12.3. The van der Waals surface area contributed by atoms with Crippen LogP contribution < -0.4 is 10.9 Å². The summed E-state index contributed by atoms with van der Waals surface area (Å²) in [5.74, 6) is 0.876. The molecule has 0 aliphatic carbocycles. The van der Waals surface area contributed by atoms with Gasteiger partial charge < -0.3 is 14.6 Å². The molecule has 0 amide bonds. The van der Waals surface area contributed by atoms with Crippen molar-refractivity contribution in [3.63, 3.8) is 0 Å². The van der Waals surface area contributed by atoms with Crippen molar-refractivity contribution in [1.82, 2.24) is 9.55 Å². The number of ether oxygens (including phenoxy) is 1. The first-order valence-electron chi connectivity index (χ1n) is 6.83. The standard InChI is InChI=1S/C14H23N3O2/c1-10-11(5-8-19-10)9-16-12-13(18)17(7-6-15-12)14(2,3)4/h6-7,10-11H,5,8-9H2,1-4H3,(H,15,16). The Morgan fingerprint density at radius 3 is 2.84 bits per heavy atom. The third-order valence-corrected chi connectivity index (χ3v) is 3.63. The van der Waals surface area contributed by atoms with Crippen LogP contribution in [0.1, 0.15) is 34.1 Å². The number of hydrogen-bond donors (Lipinski definition) is 1. The zero-order chi connectivity index (χ0) is 14.0. The summed E-state index contributed by atoms with van der Waals surface area (Å²) in [6, 6.07) is 0. The SMILES string of the molecule is CC1OCCC1CNc1nccn(C(C)(C)C)c1=O. The minimum Gasteiger partial charge on any atom is -0.378 e. The van der Waals surface area contributed by atoms with Gasteiger partial charge in [0.25, 0.3) is 5.56 Å². The lowest BCUT2D eigenvalue weighted by molar-refractivity contribution is 0.108. The maximum Gasteiger partial charge on any atom is 0.293 e. The Balaban J connectivity index is 2.11. The van der Waals surface area contributed by atoms with Gasteiger partial charge in [0.15, 0.2) is 5.82 Å². The highest BCUT2D eigenvalue weighted by Crippen LogP contribution is 2.20. The van der Waals surface area contributed by atoms with Crippen molar-refractivity contribution in [1.29, 1.82) is 0 Å². The summed E-state index contributed by atoms with van der Waals surface area (Å²) in [5, 5.41) is 3.17. The summed E-state index contributed by atoms with van der Waals surface area (Å²) in [6.45, 7) is 9.63. The Bertz CT molecular complexity index is 490. The summed E-state index contributed by atoms with van der Waals surface area (Å²) in [7, 11) is 0. The van der Waals surface area contributed by atoms with E-state index in [0.29, 0.717) is 11.7 Å². The van der Waals surface area contributed by atoms with E-state index in [1.807, 2.05) is 20.8 Å². The average Bonchev–Trinajstić information content (AvgIpc) is 2.72. The van der Waals surface area contributed by atoms with Crippen LogP contribution in [0.15, 0.2) is 17.2 Å². The lowest BCUT2D eigenvalue weighted by atomic mass is 10.0. The molecule has 1 aliphatic rings. The van der Waals surface area contributed by atoms with Gasteiger partial charge in [-0.05, 0) is 34.1 Å². The molecule has 1 aromatic rings. The molecule has 2 rings (SSSR count). The highest BCUT2D eigenvalue weighted by molar-refractivity contribution is 5.31. The lowest BCUT2D eigenvalue weighted by Crippen LogP contribution is -2.36. The zero-order valence-corrected chi connectivity index (χ0v) is 12.1. The Labute approximate surface area is 114 Å². The van der Waals surface area contributed by atoms with Crippen LogP contribution in [-0.2, 0) is 10.3 Å². The molecular weight excluding hydrogens is 242 g/mol. The van der Waals surface area contributed by atoms with Crippen LogP contribution in [0.3, 0.4) is 0 Å². The summed E-state index contributed by atoms with van der Waals surface area (Å²) in [4.78, 5) is 16.5. The van der Waals surface area contributed by atoms with Crippen molar-refractivity contribution < 1.29 is 4.74 Å². The zero-order valence-electron chi connectivity index (χ0n) is 12.1. The van der Waals surface area contributed by atoms with Crippen molar-refractivity contribution in [3.05, 3.63) is 22.7 Å². The van der Waals surface area contributed by atoms with E-state index in [4.69, 9.17) is 4.74 Å². The first-order valence-corrected chi connectivity index (χ1v) is 6.83. The molecule has 2 atom stereocenters. The molecule has 1 N–H and O–H groups in total. The highest BCUT2D eigenvalue weighted by Gasteiger charge is 2.24. The largest absolute Gasteiger partial charge is 0.378 e. The van der Waals surface area contributed by atoms with E-state index in [0.717, 1.165) is 19.6 Å². The van der Waals surface area contributed by atoms with Gasteiger partial charge in [0.1, 0.15) is 0 Å². The minimum atomic E-state index is -0.236. The van der Waals surface area contributed by atoms with Crippen LogP contribution in [0.2, 0.25) is 0 Å². The van der Waals surface area contributed by atoms with Crippen molar-refractivity contribution in [2.45, 2.75) is 45.8 Å². The molecule has 0 aromatic carbocycles. The fourth-order valence-electron chi connectivity index (χ4n) is 2.33. The Morgan fingerprint density at radius 1 is 1.53 bits per heavy atom. The van der Waals surface area contributed by atoms with Crippen molar-refractivity contribution in [2.24, 2.45) is 5.92 Å². The van der Waals surface area contributed by atoms with Gasteiger partial charge in [-0.1, -0.05) is 0 Å². The van der Waals surface area contributed by atoms with Crippen molar-refractivity contribution in [3.8, 4) is 0 Å². The average molecular weight is 265 g/mol. The van der Waals surface area contributed by atoms with Gasteiger partial charge in [0.05, 0.1) is 6.10 Å². The Hall–Kier alpha value is -1.36. The van der Waals surface area contributed by atoms with E-state index >= 15 is 0 Å². The predicted molar refractivity (Wildman–Crippen MR) is 75.5 cm³/mol. The van der Waals surface area contributed by atoms with Gasteiger partial charge >= 0.3 is 0 Å². The molecule has 5 heteroatoms. The first kappa shape index (κ1) is 14.1. The molecule has 0 spiro atoms. The molecule has 106 valence electrons. The second kappa shape index (κ2) is 5.33. The molecule has 5 nitrogen and oxygen atoms in total. The molecular formula is C14H23N3O2. The number of anilines is 1. The van der Waals surface area contributed by atoms with E-state index in [1.165, 1.54) is 0 Å². The van der Waals surface area contributed by atoms with Gasteiger partial charge in [0, 0.05) is 37.0 Å². The Morgan fingerprint density at radius 2 is 2.26 bits per heavy atom. The summed E-state index contributed by atoms with van der Waals surface area (Å²) >= 11 is 0. The smallest absolute Gasteiger partial charge is 0.293 e. The molecule has 0 saturated carbocycles. The number of nitrogens with zero attached hydrogens (tertiary/aromatic N) is 2. The number of nitrogens with one attached hydrogen (secondary N) is 1. The van der Waals surface area contributed by atoms with Crippen molar-refractivity contribution >= 4 is 5.82 Å². The van der Waals surface area contributed by atoms with E-state index in [9.17, 15) is 4.79 Å². The van der Waals surface area contributed by atoms with E-state index in [2.05, 4.69) is 17.2 Å². The van der Waals surface area contributed by atoms with Crippen molar-refractivity contribution in [2.75, 3.05) is 18.5 Å². The normalized spacial score (nSPS) is 23.6. The van der Waals surface area contributed by atoms with E-state index in [1.54, 1.807) is 17.0 Å². The van der Waals surface area contributed by atoms with Gasteiger partial charge in [0.2, 0.25) is 0 Å². The summed E-state index contributed by atoms with van der Waals surface area (Å²) < 4.78 is 7.22. The molecule has 2 unspecified atom stereocenters. The molecule has 19 heavy (non-hydrogen) atoms. The third-order valence-electron chi connectivity index (χ3n) is 3.63. The molecule has 1 aromatic heterocycles. The summed E-state index contributed by atoms with van der Waals surface area (Å²) in [6.07, 6.45) is 4.69. The third kappa shape index (κ3) is 3.15. The van der Waals surface area contributed by atoms with Gasteiger partial charge in [-0.15, -0.1) is 0 Å². The van der Waals surface area contributed by atoms with Crippen LogP contribution in [0.5, 0.6) is 0 Å². The molecule has 1 aliphatic heterocycles. The molecule has 2 heterocycles. The molecule has 0 radical (unpaired) electrons. The molecule has 1 saturated heterocycles. The predicted octanol–water partition coefficient (Wildman–Crippen LogP) is 1.84. The molecule has 1 fully saturated rings. The lowest BCUT2D eigenvalue weighted by Gasteiger charge is -2.23. The van der Waals surface area contributed by atoms with Crippen LogP contribution in [0.4, 0.5) is 5.82 Å². The first-order chi connectivity index (χ1) is 8.89. The quantitative estimate of drug-likeness (QED) is 0.906. The van der Waals surface area contributed by atoms with Crippen LogP contribution in [0.25, 0.3) is 0 Å². The van der Waals surface area contributed by atoms with Crippen LogP contribution in [-0.4, -0.2) is 28.8 Å². The fraction of sp³-hybridized carbons (Fsp3) is 0.714.